The summed E-state index contributed by atoms with van der Waals surface area (Å²) >= 11 is 0. The lowest BCUT2D eigenvalue weighted by Crippen LogP contribution is -2.33. The van der Waals surface area contributed by atoms with Crippen LogP contribution >= 0.6 is 7.82 Å². The van der Waals surface area contributed by atoms with E-state index in [0.717, 1.165) is 6.08 Å². The Kier molecular flexibility index (Phi) is 7.82. The number of carbonyl (C=O) groups excluding carboxylic acids is 1. The third-order valence-electron chi connectivity index (χ3n) is 5.52. The Hall–Kier alpha value is -3.79. The first-order valence-electron chi connectivity index (χ1n) is 10.8. The maximum absolute atomic E-state index is 12.3. The van der Waals surface area contributed by atoms with Crippen LogP contribution in [0.4, 0.5) is 5.82 Å². The number of phosphoric acid groups is 1. The van der Waals surface area contributed by atoms with Gasteiger partial charge in [0.15, 0.2) is 29.2 Å². The monoisotopic (exact) mass is 553 g/mol. The molecule has 1 aliphatic heterocycles. The fraction of sp³-hybridized carbons (Fsp3) is 0.333. The summed E-state index contributed by atoms with van der Waals surface area (Å²) in [5, 5.41) is 30.8. The molecule has 0 saturated carbocycles. The highest BCUT2D eigenvalue weighted by atomic mass is 31.2. The number of aromatic hydroxyl groups is 1. The maximum Gasteiger partial charge on any atom is 0.529 e. The van der Waals surface area contributed by atoms with Crippen LogP contribution in [0.2, 0.25) is 0 Å². The number of phenolic OH excluding ortho intramolecular Hbond substituents is 1. The van der Waals surface area contributed by atoms with Crippen LogP contribution < -0.4 is 15.2 Å². The van der Waals surface area contributed by atoms with Crippen LogP contribution in [0.5, 0.6) is 17.2 Å². The van der Waals surface area contributed by atoms with E-state index in [9.17, 15) is 29.6 Å². The highest BCUT2D eigenvalue weighted by molar-refractivity contribution is 7.48. The number of hydrogen-bond acceptors (Lipinski definition) is 14. The number of aliphatic hydroxyl groups excluding tert-OH is 2. The highest BCUT2D eigenvalue weighted by Gasteiger charge is 2.45. The maximum atomic E-state index is 12.3. The first kappa shape index (κ1) is 27.3. The SMILES string of the molecule is COc1cc(/C=C/C(=O)OP(=O)(O)OC[C@H]2O[C@@H](n3cnc4c(N)ncnc43)[C@H](O)[C@@H]2O)cc(OC)c1O. The topological polar surface area (TPSA) is 231 Å². The molecule has 16 nitrogen and oxygen atoms in total. The molecule has 17 heteroatoms. The molecule has 1 unspecified atom stereocenters. The molecule has 1 fully saturated rings. The number of benzene rings is 1. The molecular formula is C21H24N5O11P. The predicted octanol–water partition coefficient (Wildman–Crippen LogP) is 0.124. The Morgan fingerprint density at radius 3 is 2.53 bits per heavy atom. The van der Waals surface area contributed by atoms with Gasteiger partial charge in [-0.3, -0.25) is 14.0 Å². The van der Waals surface area contributed by atoms with Crippen molar-refractivity contribution in [3.8, 4) is 17.2 Å². The van der Waals surface area contributed by atoms with Crippen molar-refractivity contribution >= 4 is 36.8 Å². The number of methoxy groups -OCH3 is 2. The number of nitrogens with two attached hydrogens (primary N) is 1. The van der Waals surface area contributed by atoms with Crippen LogP contribution in [0.1, 0.15) is 11.8 Å². The van der Waals surface area contributed by atoms with Crippen LogP contribution in [0, 0.1) is 0 Å². The number of phenols is 1. The highest BCUT2D eigenvalue weighted by Crippen LogP contribution is 2.45. The third kappa shape index (κ3) is 5.55. The zero-order valence-corrected chi connectivity index (χ0v) is 20.8. The molecule has 3 aromatic rings. The van der Waals surface area contributed by atoms with Gasteiger partial charge in [0.1, 0.15) is 30.2 Å². The van der Waals surface area contributed by atoms with E-state index in [0.29, 0.717) is 5.56 Å². The van der Waals surface area contributed by atoms with Gasteiger partial charge in [-0.1, -0.05) is 0 Å². The van der Waals surface area contributed by atoms with Crippen LogP contribution in [0.3, 0.4) is 0 Å². The van der Waals surface area contributed by atoms with Gasteiger partial charge in [0.25, 0.3) is 0 Å². The molecule has 38 heavy (non-hydrogen) atoms. The lowest BCUT2D eigenvalue weighted by atomic mass is 10.1. The Morgan fingerprint density at radius 2 is 1.87 bits per heavy atom. The lowest BCUT2D eigenvalue weighted by molar-refractivity contribution is -0.130. The minimum atomic E-state index is -4.95. The van der Waals surface area contributed by atoms with Crippen molar-refractivity contribution in [3.63, 3.8) is 0 Å². The molecule has 0 amide bonds. The molecule has 1 aliphatic rings. The normalized spacial score (nSPS) is 23.0. The minimum Gasteiger partial charge on any atom is -0.502 e. The Balaban J connectivity index is 1.37. The number of nitrogen functional groups attached to an aromatic ring is 1. The number of aromatic nitrogens is 4. The van der Waals surface area contributed by atoms with E-state index in [1.165, 1.54) is 49.7 Å². The smallest absolute Gasteiger partial charge is 0.502 e. The summed E-state index contributed by atoms with van der Waals surface area (Å²) in [5.74, 6) is -1.23. The van der Waals surface area contributed by atoms with Gasteiger partial charge in [-0.2, -0.15) is 0 Å². The number of rotatable bonds is 9. The van der Waals surface area contributed by atoms with E-state index in [1.807, 2.05) is 0 Å². The number of fused-ring (bicyclic) bond motifs is 1. The Morgan fingerprint density at radius 1 is 1.18 bits per heavy atom. The van der Waals surface area contributed by atoms with Crippen molar-refractivity contribution in [2.24, 2.45) is 0 Å². The van der Waals surface area contributed by atoms with Crippen molar-refractivity contribution < 1.29 is 52.8 Å². The fourth-order valence-electron chi connectivity index (χ4n) is 3.67. The second-order valence-electron chi connectivity index (χ2n) is 7.91. The van der Waals surface area contributed by atoms with Crippen molar-refractivity contribution in [1.82, 2.24) is 19.5 Å². The molecule has 0 bridgehead atoms. The van der Waals surface area contributed by atoms with Gasteiger partial charge in [-0.25, -0.2) is 24.3 Å². The van der Waals surface area contributed by atoms with Crippen molar-refractivity contribution in [3.05, 3.63) is 36.4 Å². The molecule has 5 atom stereocenters. The zero-order chi connectivity index (χ0) is 27.6. The van der Waals surface area contributed by atoms with Gasteiger partial charge >= 0.3 is 13.8 Å². The van der Waals surface area contributed by atoms with E-state index in [2.05, 4.69) is 19.5 Å². The first-order chi connectivity index (χ1) is 18.0. The number of nitrogens with zero attached hydrogens (tertiary/aromatic N) is 4. The van der Waals surface area contributed by atoms with Crippen LogP contribution in [0.15, 0.2) is 30.9 Å². The van der Waals surface area contributed by atoms with Gasteiger partial charge in [0.05, 0.1) is 27.2 Å². The van der Waals surface area contributed by atoms with E-state index >= 15 is 0 Å². The van der Waals surface area contributed by atoms with Gasteiger partial charge in [-0.05, 0) is 23.8 Å². The molecule has 4 rings (SSSR count). The molecule has 2 aromatic heterocycles. The minimum absolute atomic E-state index is 0.0729. The lowest BCUT2D eigenvalue weighted by Gasteiger charge is -2.17. The van der Waals surface area contributed by atoms with Crippen LogP contribution in [0.25, 0.3) is 17.2 Å². The summed E-state index contributed by atoms with van der Waals surface area (Å²) in [6.07, 6.45) is -0.942. The molecule has 3 heterocycles. The van der Waals surface area contributed by atoms with Crippen molar-refractivity contribution in [2.45, 2.75) is 24.5 Å². The largest absolute Gasteiger partial charge is 0.529 e. The van der Waals surface area contributed by atoms with Crippen molar-refractivity contribution in [2.75, 3.05) is 26.6 Å². The molecule has 204 valence electrons. The zero-order valence-electron chi connectivity index (χ0n) is 19.9. The van der Waals surface area contributed by atoms with E-state index in [4.69, 9.17) is 24.5 Å². The fourth-order valence-corrected chi connectivity index (χ4v) is 4.34. The number of ether oxygens (including phenoxy) is 3. The summed E-state index contributed by atoms with van der Waals surface area (Å²) in [6, 6.07) is 2.78. The van der Waals surface area contributed by atoms with Gasteiger partial charge in [-0.15, -0.1) is 0 Å². The number of carbonyl (C=O) groups is 1. The quantitative estimate of drug-likeness (QED) is 0.175. The molecule has 1 saturated heterocycles. The average molecular weight is 553 g/mol. The summed E-state index contributed by atoms with van der Waals surface area (Å²) < 4.78 is 38.5. The average Bonchev–Trinajstić information content (AvgIpc) is 3.43. The Bertz CT molecular complexity index is 1390. The molecule has 0 radical (unpaired) electrons. The van der Waals surface area contributed by atoms with Gasteiger partial charge in [0, 0.05) is 6.08 Å². The number of hydrogen-bond donors (Lipinski definition) is 5. The van der Waals surface area contributed by atoms with Crippen molar-refractivity contribution in [1.29, 1.82) is 0 Å². The van der Waals surface area contributed by atoms with Gasteiger partial charge in [0.2, 0.25) is 5.75 Å². The molecule has 0 aliphatic carbocycles. The molecule has 6 N–H and O–H groups in total. The third-order valence-corrected chi connectivity index (χ3v) is 6.41. The van der Waals surface area contributed by atoms with Gasteiger partial charge < -0.3 is 39.8 Å². The molecular weight excluding hydrogens is 529 g/mol. The van der Waals surface area contributed by atoms with Crippen LogP contribution in [-0.2, 0) is 23.1 Å². The second-order valence-corrected chi connectivity index (χ2v) is 9.29. The summed E-state index contributed by atoms with van der Waals surface area (Å²) in [4.78, 5) is 34.0. The standard InChI is InChI=1S/C21H24N5O11P/c1-33-11-5-10(6-12(34-2)16(11)28)3-4-14(27)37-38(31,32)35-7-13-17(29)18(30)21(36-13)26-9-25-15-19(22)23-8-24-20(15)26/h3-6,8-9,13,17-18,21,28-30H,7H2,1-2H3,(H,31,32)(H2,22,23,24)/b4-3+/t13-,17-,18-,21-/m1/s1. The number of anilines is 1. The van der Waals surface area contributed by atoms with E-state index < -0.39 is 44.9 Å². The predicted molar refractivity (Wildman–Crippen MR) is 128 cm³/mol. The summed E-state index contributed by atoms with van der Waals surface area (Å²) in [5.41, 5.74) is 6.58. The molecule has 1 aromatic carbocycles. The number of phosphoric ester groups is 1. The second kappa shape index (κ2) is 10.9. The van der Waals surface area contributed by atoms with Crippen LogP contribution in [-0.4, -0.2) is 84.8 Å². The summed E-state index contributed by atoms with van der Waals surface area (Å²) in [7, 11) is -2.31. The summed E-state index contributed by atoms with van der Waals surface area (Å²) in [6.45, 7) is -0.713. The first-order valence-corrected chi connectivity index (χ1v) is 12.3. The van der Waals surface area contributed by atoms with E-state index in [-0.39, 0.29) is 34.2 Å². The Labute approximate surface area is 214 Å². The number of imidazole rings is 1. The molecule has 0 spiro atoms. The van der Waals surface area contributed by atoms with E-state index in [1.54, 1.807) is 0 Å². The number of aliphatic hydroxyl groups is 2.